The molecule has 0 aliphatic rings. The Kier molecular flexibility index (Phi) is 14.6. The average Bonchev–Trinajstić information content (AvgIpc) is 2.59. The maximum atomic E-state index is 12.6. The summed E-state index contributed by atoms with van der Waals surface area (Å²) in [6.45, 7) is 0.834. The lowest BCUT2D eigenvalue weighted by Crippen LogP contribution is -2.37. The largest absolute Gasteiger partial charge is 0.497 e. The summed E-state index contributed by atoms with van der Waals surface area (Å²) in [6, 6.07) is 4.71. The number of rotatable bonds is 11. The highest BCUT2D eigenvalue weighted by Gasteiger charge is 2.11. The van der Waals surface area contributed by atoms with Gasteiger partial charge >= 0.3 is 6.61 Å². The van der Waals surface area contributed by atoms with E-state index >= 15 is 0 Å². The molecular weight excluding hydrogens is 475 g/mol. The second-order valence-corrected chi connectivity index (χ2v) is 6.16. The van der Waals surface area contributed by atoms with Gasteiger partial charge in [0.25, 0.3) is 0 Å². The van der Waals surface area contributed by atoms with Crippen LogP contribution < -0.4 is 20.1 Å². The summed E-state index contributed by atoms with van der Waals surface area (Å²) >= 11 is 1.83. The molecule has 1 rings (SSSR count). The molecule has 0 amide bonds. The summed E-state index contributed by atoms with van der Waals surface area (Å²) in [7, 11) is 1.52. The molecule has 0 heterocycles. The average molecular weight is 503 g/mol. The number of aliphatic imine (C=N–C) groups is 1. The number of unbranched alkanes of at least 4 members (excludes halogenated alkanes) is 1. The van der Waals surface area contributed by atoms with Gasteiger partial charge in [-0.15, -0.1) is 24.0 Å². The molecule has 9 heteroatoms. The Hall–Kier alpha value is -0.970. The van der Waals surface area contributed by atoms with Gasteiger partial charge in [-0.3, -0.25) is 0 Å². The third-order valence-corrected chi connectivity index (χ3v) is 4.00. The standard InChI is InChI=1S/C17H27F2N3O2S.HI/c1-4-20-17(21-9-5-6-10-25-3)22-12-13-11-14(23-2)7-8-15(13)24-16(18)19;/h7-8,11,16H,4-6,9-10,12H2,1-3H3,(H2,20,21,22);1H. The van der Waals surface area contributed by atoms with Crippen molar-refractivity contribution < 1.29 is 18.3 Å². The van der Waals surface area contributed by atoms with Crippen LogP contribution >= 0.6 is 35.7 Å². The fraction of sp³-hybridized carbons (Fsp3) is 0.588. The Morgan fingerprint density at radius 1 is 1.27 bits per heavy atom. The Morgan fingerprint density at radius 2 is 2.04 bits per heavy atom. The molecule has 0 fully saturated rings. The summed E-state index contributed by atoms with van der Waals surface area (Å²) in [5.74, 6) is 2.46. The number of hydrogen-bond donors (Lipinski definition) is 2. The van der Waals surface area contributed by atoms with Crippen molar-refractivity contribution in [2.45, 2.75) is 32.9 Å². The van der Waals surface area contributed by atoms with Gasteiger partial charge in [-0.05, 0) is 50.0 Å². The lowest BCUT2D eigenvalue weighted by Gasteiger charge is -2.13. The zero-order chi connectivity index (χ0) is 18.5. The molecule has 0 atom stereocenters. The first-order valence-corrected chi connectivity index (χ1v) is 9.63. The van der Waals surface area contributed by atoms with E-state index in [1.807, 2.05) is 18.7 Å². The van der Waals surface area contributed by atoms with Crippen molar-refractivity contribution >= 4 is 41.7 Å². The Morgan fingerprint density at radius 3 is 2.65 bits per heavy atom. The maximum Gasteiger partial charge on any atom is 0.387 e. The smallest absolute Gasteiger partial charge is 0.387 e. The molecule has 26 heavy (non-hydrogen) atoms. The van der Waals surface area contributed by atoms with Crippen molar-refractivity contribution in [1.82, 2.24) is 10.6 Å². The topological polar surface area (TPSA) is 54.9 Å². The third-order valence-electron chi connectivity index (χ3n) is 3.30. The van der Waals surface area contributed by atoms with Crippen LogP contribution in [0, 0.1) is 0 Å². The zero-order valence-electron chi connectivity index (χ0n) is 15.4. The van der Waals surface area contributed by atoms with Gasteiger partial charge in [-0.1, -0.05) is 0 Å². The van der Waals surface area contributed by atoms with Gasteiger partial charge in [0, 0.05) is 18.7 Å². The molecule has 0 radical (unpaired) electrons. The van der Waals surface area contributed by atoms with Crippen LogP contribution in [0.4, 0.5) is 8.78 Å². The number of nitrogens with one attached hydrogen (secondary N) is 2. The van der Waals surface area contributed by atoms with E-state index in [2.05, 4.69) is 26.6 Å². The summed E-state index contributed by atoms with van der Waals surface area (Å²) in [6.07, 6.45) is 4.27. The van der Waals surface area contributed by atoms with Crippen LogP contribution in [0.5, 0.6) is 11.5 Å². The highest BCUT2D eigenvalue weighted by atomic mass is 127. The molecule has 0 saturated heterocycles. The monoisotopic (exact) mass is 503 g/mol. The van der Waals surface area contributed by atoms with E-state index in [1.165, 1.54) is 13.2 Å². The second kappa shape index (κ2) is 15.1. The SMILES string of the molecule is CCNC(=NCc1cc(OC)ccc1OC(F)F)NCCCCSC.I. The van der Waals surface area contributed by atoms with Gasteiger partial charge in [0.05, 0.1) is 13.7 Å². The van der Waals surface area contributed by atoms with Crippen LogP contribution in [-0.4, -0.2) is 44.8 Å². The van der Waals surface area contributed by atoms with Crippen LogP contribution in [0.1, 0.15) is 25.3 Å². The zero-order valence-corrected chi connectivity index (χ0v) is 18.5. The molecule has 0 unspecified atom stereocenters. The second-order valence-electron chi connectivity index (χ2n) is 5.17. The van der Waals surface area contributed by atoms with E-state index in [1.54, 1.807) is 12.1 Å². The first kappa shape index (κ1) is 25.0. The summed E-state index contributed by atoms with van der Waals surface area (Å²) in [4.78, 5) is 4.45. The van der Waals surface area contributed by atoms with E-state index in [0.29, 0.717) is 17.3 Å². The van der Waals surface area contributed by atoms with Gasteiger partial charge in [0.1, 0.15) is 11.5 Å². The first-order valence-electron chi connectivity index (χ1n) is 8.23. The van der Waals surface area contributed by atoms with E-state index in [4.69, 9.17) is 4.74 Å². The number of hydrogen-bond acceptors (Lipinski definition) is 4. The van der Waals surface area contributed by atoms with Gasteiger partial charge in [0.2, 0.25) is 0 Å². The molecule has 0 aromatic heterocycles. The van der Waals surface area contributed by atoms with Gasteiger partial charge in [0.15, 0.2) is 5.96 Å². The van der Waals surface area contributed by atoms with Crippen LogP contribution in [0.3, 0.4) is 0 Å². The minimum Gasteiger partial charge on any atom is -0.497 e. The van der Waals surface area contributed by atoms with E-state index in [9.17, 15) is 8.78 Å². The van der Waals surface area contributed by atoms with Crippen LogP contribution in [0.2, 0.25) is 0 Å². The number of guanidine groups is 1. The molecule has 0 bridgehead atoms. The lowest BCUT2D eigenvalue weighted by molar-refractivity contribution is -0.0504. The summed E-state index contributed by atoms with van der Waals surface area (Å²) in [5, 5.41) is 6.39. The Bertz CT molecular complexity index is 537. The first-order chi connectivity index (χ1) is 12.1. The summed E-state index contributed by atoms with van der Waals surface area (Å²) < 4.78 is 34.8. The van der Waals surface area contributed by atoms with Crippen molar-refractivity contribution in [1.29, 1.82) is 0 Å². The van der Waals surface area contributed by atoms with Crippen molar-refractivity contribution in [3.8, 4) is 11.5 Å². The van der Waals surface area contributed by atoms with Crippen LogP contribution in [0.15, 0.2) is 23.2 Å². The molecule has 5 nitrogen and oxygen atoms in total. The molecule has 0 aliphatic carbocycles. The lowest BCUT2D eigenvalue weighted by atomic mass is 10.2. The van der Waals surface area contributed by atoms with Crippen molar-refractivity contribution in [2.24, 2.45) is 4.99 Å². The fourth-order valence-corrected chi connectivity index (χ4v) is 2.59. The van der Waals surface area contributed by atoms with Crippen LogP contribution in [0.25, 0.3) is 0 Å². The van der Waals surface area contributed by atoms with Crippen molar-refractivity contribution in [3.05, 3.63) is 23.8 Å². The van der Waals surface area contributed by atoms with E-state index < -0.39 is 6.61 Å². The van der Waals surface area contributed by atoms with E-state index in [-0.39, 0.29) is 36.3 Å². The Balaban J connectivity index is 0.00000625. The highest BCUT2D eigenvalue weighted by molar-refractivity contribution is 14.0. The number of ether oxygens (including phenoxy) is 2. The van der Waals surface area contributed by atoms with E-state index in [0.717, 1.165) is 31.7 Å². The minimum atomic E-state index is -2.88. The molecular formula is C17H28F2IN3O2S. The predicted octanol–water partition coefficient (Wildman–Crippen LogP) is 4.11. The number of nitrogens with zero attached hydrogens (tertiary/aromatic N) is 1. The molecule has 0 saturated carbocycles. The van der Waals surface area contributed by atoms with Crippen LogP contribution in [-0.2, 0) is 6.54 Å². The minimum absolute atomic E-state index is 0. The number of benzene rings is 1. The summed E-state index contributed by atoms with van der Waals surface area (Å²) in [5.41, 5.74) is 0.541. The molecule has 1 aromatic rings. The van der Waals surface area contributed by atoms with Crippen molar-refractivity contribution in [2.75, 3.05) is 32.2 Å². The van der Waals surface area contributed by atoms with Gasteiger partial charge in [-0.2, -0.15) is 20.5 Å². The number of thioether (sulfide) groups is 1. The number of halogens is 3. The van der Waals surface area contributed by atoms with Gasteiger partial charge < -0.3 is 20.1 Å². The molecule has 2 N–H and O–H groups in total. The number of alkyl halides is 2. The molecule has 0 spiro atoms. The number of methoxy groups -OCH3 is 1. The normalized spacial score (nSPS) is 11.1. The quantitative estimate of drug-likeness (QED) is 0.206. The molecule has 0 aliphatic heterocycles. The predicted molar refractivity (Wildman–Crippen MR) is 115 cm³/mol. The molecule has 1 aromatic carbocycles. The maximum absolute atomic E-state index is 12.6. The molecule has 150 valence electrons. The van der Waals surface area contributed by atoms with Gasteiger partial charge in [-0.25, -0.2) is 4.99 Å². The van der Waals surface area contributed by atoms with Crippen molar-refractivity contribution in [3.63, 3.8) is 0 Å². The highest BCUT2D eigenvalue weighted by Crippen LogP contribution is 2.26. The fourth-order valence-electron chi connectivity index (χ4n) is 2.10. The Labute approximate surface area is 175 Å². The third kappa shape index (κ3) is 10.2.